The highest BCUT2D eigenvalue weighted by Crippen LogP contribution is 2.17. The number of carboxylic acid groups (broad SMARTS) is 1. The molecule has 0 saturated carbocycles. The maximum atomic E-state index is 12.8. The number of halogens is 1. The Kier molecular flexibility index (Phi) is 3.82. The van der Waals surface area contributed by atoms with Crippen molar-refractivity contribution in [2.45, 2.75) is 12.5 Å². The van der Waals surface area contributed by atoms with Gasteiger partial charge in [0.05, 0.1) is 6.42 Å². The van der Waals surface area contributed by atoms with Crippen LogP contribution in [0.25, 0.3) is 11.4 Å². The number of hydrogen-bond acceptors (Lipinski definition) is 4. The molecule has 2 rings (SSSR count). The average molecular weight is 261 g/mol. The predicted molar refractivity (Wildman–Crippen MR) is 66.6 cm³/mol. The van der Waals surface area contributed by atoms with Gasteiger partial charge in [-0.15, -0.1) is 0 Å². The van der Waals surface area contributed by atoms with E-state index in [4.69, 9.17) is 10.8 Å². The Bertz CT molecular complexity index is 569. The molecule has 1 unspecified atom stereocenters. The lowest BCUT2D eigenvalue weighted by Gasteiger charge is -2.08. The topological polar surface area (TPSA) is 89.1 Å². The fourth-order valence-corrected chi connectivity index (χ4v) is 1.58. The maximum Gasteiger partial charge on any atom is 0.305 e. The first-order valence-electron chi connectivity index (χ1n) is 5.61. The number of aliphatic carboxylic acids is 1. The minimum Gasteiger partial charge on any atom is -0.481 e. The first-order chi connectivity index (χ1) is 9.06. The van der Waals surface area contributed by atoms with Crippen LogP contribution in [0.4, 0.5) is 4.39 Å². The zero-order chi connectivity index (χ0) is 13.8. The van der Waals surface area contributed by atoms with Gasteiger partial charge < -0.3 is 10.8 Å². The normalized spacial score (nSPS) is 12.1. The van der Waals surface area contributed by atoms with Crippen LogP contribution in [0.1, 0.15) is 18.0 Å². The summed E-state index contributed by atoms with van der Waals surface area (Å²) in [6.07, 6.45) is 2.79. The molecule has 1 atom stereocenters. The Labute approximate surface area is 108 Å². The van der Waals surface area contributed by atoms with Crippen LogP contribution in [0.2, 0.25) is 0 Å². The van der Waals surface area contributed by atoms with Gasteiger partial charge in [0, 0.05) is 29.6 Å². The zero-order valence-corrected chi connectivity index (χ0v) is 9.95. The second-order valence-corrected chi connectivity index (χ2v) is 4.05. The zero-order valence-electron chi connectivity index (χ0n) is 9.95. The Balaban J connectivity index is 2.18. The Hall–Kier alpha value is -2.34. The van der Waals surface area contributed by atoms with Gasteiger partial charge in [-0.3, -0.25) is 4.79 Å². The van der Waals surface area contributed by atoms with E-state index in [0.717, 1.165) is 0 Å². The van der Waals surface area contributed by atoms with Crippen LogP contribution in [-0.4, -0.2) is 21.0 Å². The van der Waals surface area contributed by atoms with E-state index in [1.807, 2.05) is 0 Å². The van der Waals surface area contributed by atoms with Crippen molar-refractivity contribution in [1.82, 2.24) is 9.97 Å². The second-order valence-electron chi connectivity index (χ2n) is 4.05. The predicted octanol–water partition coefficient (Wildman–Crippen LogP) is 1.76. The summed E-state index contributed by atoms with van der Waals surface area (Å²) in [7, 11) is 0. The minimum atomic E-state index is -0.977. The lowest BCUT2D eigenvalue weighted by Crippen LogP contribution is -2.15. The molecule has 0 aliphatic carbocycles. The van der Waals surface area contributed by atoms with Crippen LogP contribution >= 0.6 is 0 Å². The molecule has 0 bridgehead atoms. The van der Waals surface area contributed by atoms with Gasteiger partial charge >= 0.3 is 5.97 Å². The van der Waals surface area contributed by atoms with Gasteiger partial charge in [-0.1, -0.05) is 0 Å². The van der Waals surface area contributed by atoms with Gasteiger partial charge in [0.15, 0.2) is 5.82 Å². The minimum absolute atomic E-state index is 0.181. The van der Waals surface area contributed by atoms with Crippen LogP contribution in [0.3, 0.4) is 0 Å². The summed E-state index contributed by atoms with van der Waals surface area (Å²) in [5.74, 6) is -0.870. The van der Waals surface area contributed by atoms with Crippen LogP contribution in [-0.2, 0) is 4.79 Å². The highest BCUT2D eigenvalue weighted by atomic mass is 19.1. The summed E-state index contributed by atoms with van der Waals surface area (Å²) >= 11 is 0. The molecular weight excluding hydrogens is 249 g/mol. The van der Waals surface area contributed by atoms with Gasteiger partial charge in [0.2, 0.25) is 0 Å². The van der Waals surface area contributed by atoms with Crippen molar-refractivity contribution in [1.29, 1.82) is 0 Å². The molecule has 0 aliphatic rings. The maximum absolute atomic E-state index is 12.8. The number of nitrogens with zero attached hydrogens (tertiary/aromatic N) is 2. The van der Waals surface area contributed by atoms with Crippen molar-refractivity contribution in [2.24, 2.45) is 5.73 Å². The van der Waals surface area contributed by atoms with Crippen molar-refractivity contribution in [3.63, 3.8) is 0 Å². The quantitative estimate of drug-likeness (QED) is 0.875. The molecule has 0 amide bonds. The van der Waals surface area contributed by atoms with Crippen molar-refractivity contribution in [3.8, 4) is 11.4 Å². The van der Waals surface area contributed by atoms with E-state index in [-0.39, 0.29) is 12.2 Å². The van der Waals surface area contributed by atoms with Gasteiger partial charge in [-0.05, 0) is 24.3 Å². The number of aromatic nitrogens is 2. The van der Waals surface area contributed by atoms with Crippen molar-refractivity contribution < 1.29 is 14.3 Å². The summed E-state index contributed by atoms with van der Waals surface area (Å²) in [6, 6.07) is 5.15. The molecule has 1 aromatic heterocycles. The Morgan fingerprint density at radius 3 is 2.37 bits per heavy atom. The molecule has 0 fully saturated rings. The van der Waals surface area contributed by atoms with E-state index in [1.54, 1.807) is 12.1 Å². The molecule has 0 radical (unpaired) electrons. The van der Waals surface area contributed by atoms with Crippen molar-refractivity contribution in [3.05, 3.63) is 48.0 Å². The summed E-state index contributed by atoms with van der Waals surface area (Å²) in [5, 5.41) is 8.65. The molecular formula is C13H12FN3O2. The average Bonchev–Trinajstić information content (AvgIpc) is 2.39. The largest absolute Gasteiger partial charge is 0.481 e. The highest BCUT2D eigenvalue weighted by Gasteiger charge is 2.11. The molecule has 19 heavy (non-hydrogen) atoms. The molecule has 3 N–H and O–H groups in total. The van der Waals surface area contributed by atoms with E-state index < -0.39 is 12.0 Å². The van der Waals surface area contributed by atoms with E-state index in [0.29, 0.717) is 17.0 Å². The third-order valence-corrected chi connectivity index (χ3v) is 2.60. The summed E-state index contributed by atoms with van der Waals surface area (Å²) in [5.41, 5.74) is 6.92. The molecule has 0 aliphatic heterocycles. The fraction of sp³-hybridized carbons (Fsp3) is 0.154. The van der Waals surface area contributed by atoms with Gasteiger partial charge in [0.1, 0.15) is 5.82 Å². The van der Waals surface area contributed by atoms with Crippen molar-refractivity contribution >= 4 is 5.97 Å². The summed E-state index contributed by atoms with van der Waals surface area (Å²) in [4.78, 5) is 18.7. The molecule has 2 aromatic rings. The van der Waals surface area contributed by atoms with Crippen LogP contribution in [0, 0.1) is 5.82 Å². The van der Waals surface area contributed by atoms with Crippen LogP contribution < -0.4 is 5.73 Å². The number of carboxylic acids is 1. The SMILES string of the molecule is NC(CC(=O)O)c1cnc(-c2ccc(F)cc2)nc1. The Morgan fingerprint density at radius 1 is 1.26 bits per heavy atom. The van der Waals surface area contributed by atoms with Gasteiger partial charge in [-0.2, -0.15) is 0 Å². The molecule has 0 saturated heterocycles. The molecule has 6 heteroatoms. The summed E-state index contributed by atoms with van der Waals surface area (Å²) < 4.78 is 12.8. The number of nitrogens with two attached hydrogens (primary N) is 1. The van der Waals surface area contributed by atoms with E-state index in [1.165, 1.54) is 24.5 Å². The number of rotatable bonds is 4. The molecule has 98 valence electrons. The van der Waals surface area contributed by atoms with E-state index in [2.05, 4.69) is 9.97 Å². The molecule has 5 nitrogen and oxygen atoms in total. The van der Waals surface area contributed by atoms with Crippen molar-refractivity contribution in [2.75, 3.05) is 0 Å². The molecule has 1 heterocycles. The molecule has 1 aromatic carbocycles. The van der Waals surface area contributed by atoms with Crippen LogP contribution in [0.15, 0.2) is 36.7 Å². The standard InChI is InChI=1S/C13H12FN3O2/c14-10-3-1-8(2-4-10)13-16-6-9(7-17-13)11(15)5-12(18)19/h1-4,6-7,11H,5,15H2,(H,18,19). The molecule has 0 spiro atoms. The third kappa shape index (κ3) is 3.32. The van der Waals surface area contributed by atoms with Gasteiger partial charge in [-0.25, -0.2) is 14.4 Å². The van der Waals surface area contributed by atoms with E-state index in [9.17, 15) is 9.18 Å². The summed E-state index contributed by atoms with van der Waals surface area (Å²) in [6.45, 7) is 0. The van der Waals surface area contributed by atoms with E-state index >= 15 is 0 Å². The number of benzene rings is 1. The Morgan fingerprint density at radius 2 is 1.84 bits per heavy atom. The smallest absolute Gasteiger partial charge is 0.305 e. The number of hydrogen-bond donors (Lipinski definition) is 2. The number of carbonyl (C=O) groups is 1. The first kappa shape index (κ1) is 13.1. The lowest BCUT2D eigenvalue weighted by molar-refractivity contribution is -0.137. The fourth-order valence-electron chi connectivity index (χ4n) is 1.58. The van der Waals surface area contributed by atoms with Gasteiger partial charge in [0.25, 0.3) is 0 Å². The highest BCUT2D eigenvalue weighted by molar-refractivity contribution is 5.67. The monoisotopic (exact) mass is 261 g/mol. The first-order valence-corrected chi connectivity index (χ1v) is 5.61. The second kappa shape index (κ2) is 5.53. The van der Waals surface area contributed by atoms with Crippen LogP contribution in [0.5, 0.6) is 0 Å². The third-order valence-electron chi connectivity index (χ3n) is 2.60. The lowest BCUT2D eigenvalue weighted by atomic mass is 10.1.